The maximum atomic E-state index is 13.3. The molecule has 1 atom stereocenters. The Hall–Kier alpha value is -2.84. The first-order chi connectivity index (χ1) is 13.9. The fourth-order valence-electron chi connectivity index (χ4n) is 3.41. The molecule has 3 rings (SSSR count). The van der Waals surface area contributed by atoms with Crippen LogP contribution in [0.4, 0.5) is 19.0 Å². The van der Waals surface area contributed by atoms with Gasteiger partial charge in [0.25, 0.3) is 0 Å². The SMILES string of the molecule is CCOc1ncccc1CNC(=O)C1CCCN(c2ncccc2C(F)(F)F)C1. The fourth-order valence-corrected chi connectivity index (χ4v) is 3.41. The Morgan fingerprint density at radius 1 is 1.28 bits per heavy atom. The molecule has 1 aliphatic rings. The van der Waals surface area contributed by atoms with Gasteiger partial charge in [0.2, 0.25) is 11.8 Å². The summed E-state index contributed by atoms with van der Waals surface area (Å²) in [5.41, 5.74) is -0.0303. The minimum Gasteiger partial charge on any atom is -0.478 e. The van der Waals surface area contributed by atoms with E-state index in [9.17, 15) is 18.0 Å². The number of nitrogens with zero attached hydrogens (tertiary/aromatic N) is 3. The molecule has 2 aromatic heterocycles. The molecule has 0 spiro atoms. The number of hydrogen-bond acceptors (Lipinski definition) is 5. The summed E-state index contributed by atoms with van der Waals surface area (Å²) in [6.07, 6.45) is -0.313. The normalized spacial score (nSPS) is 17.1. The lowest BCUT2D eigenvalue weighted by atomic mass is 9.96. The highest BCUT2D eigenvalue weighted by Gasteiger charge is 2.37. The Morgan fingerprint density at radius 2 is 2.03 bits per heavy atom. The van der Waals surface area contributed by atoms with E-state index < -0.39 is 17.7 Å². The van der Waals surface area contributed by atoms with Crippen LogP contribution in [0.1, 0.15) is 30.9 Å². The van der Waals surface area contributed by atoms with Gasteiger partial charge in [0.05, 0.1) is 18.1 Å². The lowest BCUT2D eigenvalue weighted by Crippen LogP contribution is -2.43. The third kappa shape index (κ3) is 5.16. The third-order valence-corrected chi connectivity index (χ3v) is 4.77. The molecular weight excluding hydrogens is 385 g/mol. The Kier molecular flexibility index (Phi) is 6.56. The highest BCUT2D eigenvalue weighted by Crippen LogP contribution is 2.36. The highest BCUT2D eigenvalue weighted by atomic mass is 19.4. The van der Waals surface area contributed by atoms with Crippen LogP contribution in [0.2, 0.25) is 0 Å². The van der Waals surface area contributed by atoms with E-state index in [1.54, 1.807) is 17.2 Å². The zero-order valence-corrected chi connectivity index (χ0v) is 16.1. The molecule has 29 heavy (non-hydrogen) atoms. The van der Waals surface area contributed by atoms with Crippen LogP contribution in [0.15, 0.2) is 36.7 Å². The van der Waals surface area contributed by atoms with Crippen molar-refractivity contribution in [3.8, 4) is 5.88 Å². The van der Waals surface area contributed by atoms with Crippen molar-refractivity contribution in [3.05, 3.63) is 47.8 Å². The molecule has 156 valence electrons. The van der Waals surface area contributed by atoms with Crippen LogP contribution < -0.4 is 15.0 Å². The van der Waals surface area contributed by atoms with Gasteiger partial charge in [0.15, 0.2) is 0 Å². The number of hydrogen-bond donors (Lipinski definition) is 1. The van der Waals surface area contributed by atoms with Crippen LogP contribution in [0.5, 0.6) is 5.88 Å². The van der Waals surface area contributed by atoms with E-state index in [0.29, 0.717) is 31.9 Å². The van der Waals surface area contributed by atoms with Crippen LogP contribution in [0.25, 0.3) is 0 Å². The Morgan fingerprint density at radius 3 is 2.79 bits per heavy atom. The average molecular weight is 408 g/mol. The molecule has 0 aromatic carbocycles. The molecular formula is C20H23F3N4O2. The summed E-state index contributed by atoms with van der Waals surface area (Å²) in [6, 6.07) is 5.86. The number of pyridine rings is 2. The lowest BCUT2D eigenvalue weighted by Gasteiger charge is -2.34. The minimum absolute atomic E-state index is 0.122. The average Bonchev–Trinajstić information content (AvgIpc) is 2.72. The quantitative estimate of drug-likeness (QED) is 0.793. The van der Waals surface area contributed by atoms with Gasteiger partial charge >= 0.3 is 6.18 Å². The van der Waals surface area contributed by atoms with Gasteiger partial charge in [0.1, 0.15) is 5.82 Å². The van der Waals surface area contributed by atoms with Crippen molar-refractivity contribution in [2.24, 2.45) is 5.92 Å². The van der Waals surface area contributed by atoms with E-state index in [-0.39, 0.29) is 24.8 Å². The van der Waals surface area contributed by atoms with E-state index in [1.165, 1.54) is 12.3 Å². The Balaban J connectivity index is 1.67. The molecule has 0 saturated carbocycles. The van der Waals surface area contributed by atoms with Crippen LogP contribution in [-0.2, 0) is 17.5 Å². The molecule has 0 radical (unpaired) electrons. The summed E-state index contributed by atoms with van der Waals surface area (Å²) in [4.78, 5) is 22.3. The number of rotatable bonds is 6. The second-order valence-electron chi connectivity index (χ2n) is 6.78. The number of aromatic nitrogens is 2. The Labute approximate surface area is 167 Å². The van der Waals surface area contributed by atoms with Gasteiger partial charge in [0, 0.05) is 37.6 Å². The van der Waals surface area contributed by atoms with Gasteiger partial charge in [-0.25, -0.2) is 9.97 Å². The molecule has 1 saturated heterocycles. The fraction of sp³-hybridized carbons (Fsp3) is 0.450. The molecule has 9 heteroatoms. The van der Waals surface area contributed by atoms with Crippen molar-refractivity contribution in [1.29, 1.82) is 0 Å². The van der Waals surface area contributed by atoms with E-state index in [2.05, 4.69) is 15.3 Å². The summed E-state index contributed by atoms with van der Waals surface area (Å²) < 4.78 is 45.4. The molecule has 0 aliphatic carbocycles. The summed E-state index contributed by atoms with van der Waals surface area (Å²) in [6.45, 7) is 3.18. The monoisotopic (exact) mass is 408 g/mol. The summed E-state index contributed by atoms with van der Waals surface area (Å²) >= 11 is 0. The first kappa shape index (κ1) is 20.9. The van der Waals surface area contributed by atoms with Gasteiger partial charge in [-0.2, -0.15) is 13.2 Å². The number of ether oxygens (including phenoxy) is 1. The van der Waals surface area contributed by atoms with Crippen molar-refractivity contribution in [1.82, 2.24) is 15.3 Å². The summed E-state index contributed by atoms with van der Waals surface area (Å²) in [5, 5.41) is 2.86. The second-order valence-corrected chi connectivity index (χ2v) is 6.78. The van der Waals surface area contributed by atoms with E-state index in [0.717, 1.165) is 11.6 Å². The number of alkyl halides is 3. The second kappa shape index (κ2) is 9.11. The van der Waals surface area contributed by atoms with Crippen molar-refractivity contribution < 1.29 is 22.7 Å². The summed E-state index contributed by atoms with van der Waals surface area (Å²) in [7, 11) is 0. The standard InChI is InChI=1S/C20H23F3N4O2/c1-2-29-19-14(6-3-10-25-19)12-26-18(28)15-7-5-11-27(13-15)17-16(20(21,22)23)8-4-9-24-17/h3-4,6,8-10,15H,2,5,7,11-13H2,1H3,(H,26,28). The number of nitrogens with one attached hydrogen (secondary N) is 1. The van der Waals surface area contributed by atoms with E-state index >= 15 is 0 Å². The van der Waals surface area contributed by atoms with Crippen LogP contribution in [-0.4, -0.2) is 35.6 Å². The number of halogens is 3. The van der Waals surface area contributed by atoms with E-state index in [4.69, 9.17) is 4.74 Å². The molecule has 1 unspecified atom stereocenters. The predicted molar refractivity (Wildman–Crippen MR) is 101 cm³/mol. The molecule has 1 fully saturated rings. The maximum absolute atomic E-state index is 13.3. The van der Waals surface area contributed by atoms with Gasteiger partial charge in [-0.3, -0.25) is 4.79 Å². The third-order valence-electron chi connectivity index (χ3n) is 4.77. The van der Waals surface area contributed by atoms with Gasteiger partial charge in [-0.15, -0.1) is 0 Å². The molecule has 1 N–H and O–H groups in total. The van der Waals surface area contributed by atoms with Crippen molar-refractivity contribution in [2.45, 2.75) is 32.5 Å². The minimum atomic E-state index is -4.49. The zero-order valence-electron chi connectivity index (χ0n) is 16.1. The molecule has 1 amide bonds. The first-order valence-electron chi connectivity index (χ1n) is 9.51. The molecule has 2 aromatic rings. The number of carbonyl (C=O) groups is 1. The number of anilines is 1. The van der Waals surface area contributed by atoms with Gasteiger partial charge in [-0.1, -0.05) is 6.07 Å². The topological polar surface area (TPSA) is 67.3 Å². The molecule has 3 heterocycles. The van der Waals surface area contributed by atoms with Crippen LogP contribution in [0.3, 0.4) is 0 Å². The Bertz CT molecular complexity index is 844. The number of piperidine rings is 1. The largest absolute Gasteiger partial charge is 0.478 e. The molecule has 0 bridgehead atoms. The highest BCUT2D eigenvalue weighted by molar-refractivity contribution is 5.79. The number of carbonyl (C=O) groups excluding carboxylic acids is 1. The van der Waals surface area contributed by atoms with Gasteiger partial charge in [-0.05, 0) is 38.0 Å². The van der Waals surface area contributed by atoms with Crippen LogP contribution >= 0.6 is 0 Å². The molecule has 6 nitrogen and oxygen atoms in total. The lowest BCUT2D eigenvalue weighted by molar-refractivity contribution is -0.137. The first-order valence-corrected chi connectivity index (χ1v) is 9.51. The zero-order chi connectivity index (χ0) is 20.9. The number of amides is 1. The van der Waals surface area contributed by atoms with Crippen molar-refractivity contribution >= 4 is 11.7 Å². The predicted octanol–water partition coefficient (Wildman–Crippen LogP) is 3.43. The maximum Gasteiger partial charge on any atom is 0.419 e. The summed E-state index contributed by atoms with van der Waals surface area (Å²) in [5.74, 6) is -0.281. The van der Waals surface area contributed by atoms with E-state index in [1.807, 2.05) is 13.0 Å². The van der Waals surface area contributed by atoms with Gasteiger partial charge < -0.3 is 15.0 Å². The van der Waals surface area contributed by atoms with Crippen molar-refractivity contribution in [2.75, 3.05) is 24.6 Å². The smallest absolute Gasteiger partial charge is 0.419 e. The molecule has 1 aliphatic heterocycles. The van der Waals surface area contributed by atoms with Crippen molar-refractivity contribution in [3.63, 3.8) is 0 Å². The van der Waals surface area contributed by atoms with Crippen LogP contribution in [0, 0.1) is 5.92 Å².